The Morgan fingerprint density at radius 2 is 1.00 bits per heavy atom. The van der Waals surface area contributed by atoms with Crippen molar-refractivity contribution in [1.29, 1.82) is 0 Å². The zero-order valence-electron chi connectivity index (χ0n) is 11.2. The summed E-state index contributed by atoms with van der Waals surface area (Å²) < 4.78 is 0. The van der Waals surface area contributed by atoms with E-state index in [4.69, 9.17) is 0 Å². The van der Waals surface area contributed by atoms with E-state index in [-0.39, 0.29) is 0 Å². The summed E-state index contributed by atoms with van der Waals surface area (Å²) in [5, 5.41) is 10.5. The molecule has 1 aromatic carbocycles. The second-order valence-corrected chi connectivity index (χ2v) is 2.92. The fraction of sp³-hybridized carbons (Fsp3) is 0.429. The number of nitrogens with zero attached hydrogens (tertiary/aromatic N) is 2. The molecule has 0 saturated heterocycles. The molecule has 2 nitrogen and oxygen atoms in total. The molecule has 0 aliphatic heterocycles. The summed E-state index contributed by atoms with van der Waals surface area (Å²) in [6.45, 7) is 12.0. The van der Waals surface area contributed by atoms with Gasteiger partial charge in [-0.15, -0.1) is 0 Å². The summed E-state index contributed by atoms with van der Waals surface area (Å²) in [5.74, 6) is 0. The Morgan fingerprint density at radius 1 is 0.688 bits per heavy atom. The van der Waals surface area contributed by atoms with Crippen LogP contribution in [0.15, 0.2) is 24.3 Å². The van der Waals surface area contributed by atoms with Gasteiger partial charge >= 0.3 is 0 Å². The first kappa shape index (κ1) is 14.6. The highest BCUT2D eigenvalue weighted by Gasteiger charge is 2.00. The zero-order chi connectivity index (χ0) is 12.6. The number of aromatic nitrogens is 2. The molecule has 2 aromatic rings. The number of benzene rings is 1. The zero-order valence-corrected chi connectivity index (χ0v) is 11.2. The van der Waals surface area contributed by atoms with E-state index in [1.165, 1.54) is 10.8 Å². The molecule has 2 heteroatoms. The highest BCUT2D eigenvalue weighted by molar-refractivity contribution is 5.85. The molecule has 0 saturated carbocycles. The summed E-state index contributed by atoms with van der Waals surface area (Å²) in [6.07, 6.45) is 0. The van der Waals surface area contributed by atoms with Crippen molar-refractivity contribution in [2.75, 3.05) is 0 Å². The summed E-state index contributed by atoms with van der Waals surface area (Å²) in [7, 11) is 0. The van der Waals surface area contributed by atoms with Crippen LogP contribution in [0.4, 0.5) is 0 Å². The van der Waals surface area contributed by atoms with Gasteiger partial charge in [-0.25, -0.2) is 0 Å². The third-order valence-electron chi connectivity index (χ3n) is 2.06. The van der Waals surface area contributed by atoms with E-state index in [0.29, 0.717) is 0 Å². The van der Waals surface area contributed by atoms with Crippen molar-refractivity contribution >= 4 is 10.8 Å². The van der Waals surface area contributed by atoms with E-state index in [1.807, 2.05) is 53.7 Å². The monoisotopic (exact) mass is 218 g/mol. The molecular formula is C14H22N2. The van der Waals surface area contributed by atoms with Crippen molar-refractivity contribution in [3.63, 3.8) is 0 Å². The van der Waals surface area contributed by atoms with Crippen LogP contribution in [0, 0.1) is 13.8 Å². The Hall–Kier alpha value is -1.44. The lowest BCUT2D eigenvalue weighted by Gasteiger charge is -2.01. The molecule has 0 amide bonds. The molecule has 1 heterocycles. The van der Waals surface area contributed by atoms with Gasteiger partial charge in [0.05, 0.1) is 11.4 Å². The van der Waals surface area contributed by atoms with Crippen molar-refractivity contribution in [3.8, 4) is 0 Å². The summed E-state index contributed by atoms with van der Waals surface area (Å²) in [6, 6.07) is 8.20. The number of hydrogen-bond donors (Lipinski definition) is 0. The van der Waals surface area contributed by atoms with Crippen molar-refractivity contribution in [2.24, 2.45) is 0 Å². The van der Waals surface area contributed by atoms with Crippen molar-refractivity contribution < 1.29 is 0 Å². The summed E-state index contributed by atoms with van der Waals surface area (Å²) in [5.41, 5.74) is 1.99. The Balaban J connectivity index is 0.000000509. The highest BCUT2D eigenvalue weighted by atomic mass is 15.1. The predicted octanol–water partition coefficient (Wildman–Crippen LogP) is 4.30. The van der Waals surface area contributed by atoms with Gasteiger partial charge < -0.3 is 0 Å². The van der Waals surface area contributed by atoms with Crippen LogP contribution in [0.3, 0.4) is 0 Å². The van der Waals surface area contributed by atoms with Crippen molar-refractivity contribution in [1.82, 2.24) is 10.2 Å². The lowest BCUT2D eigenvalue weighted by molar-refractivity contribution is 0.964. The molecule has 0 aliphatic rings. The average Bonchev–Trinajstić information content (AvgIpc) is 2.39. The van der Waals surface area contributed by atoms with Gasteiger partial charge in [0, 0.05) is 10.8 Å². The van der Waals surface area contributed by atoms with Crippen LogP contribution >= 0.6 is 0 Å². The van der Waals surface area contributed by atoms with E-state index >= 15 is 0 Å². The SMILES string of the molecule is CC.CC.Cc1nnc(C)c2ccccc12. The third-order valence-corrected chi connectivity index (χ3v) is 2.06. The fourth-order valence-electron chi connectivity index (χ4n) is 1.37. The van der Waals surface area contributed by atoms with Gasteiger partial charge in [0.15, 0.2) is 0 Å². The fourth-order valence-corrected chi connectivity index (χ4v) is 1.37. The van der Waals surface area contributed by atoms with Gasteiger partial charge in [0.2, 0.25) is 0 Å². The Morgan fingerprint density at radius 3 is 1.31 bits per heavy atom. The second-order valence-electron chi connectivity index (χ2n) is 2.92. The van der Waals surface area contributed by atoms with Gasteiger partial charge in [0.25, 0.3) is 0 Å². The van der Waals surface area contributed by atoms with E-state index in [1.54, 1.807) is 0 Å². The molecule has 88 valence electrons. The molecule has 2 rings (SSSR count). The average molecular weight is 218 g/mol. The van der Waals surface area contributed by atoms with Crippen molar-refractivity contribution in [3.05, 3.63) is 35.7 Å². The maximum Gasteiger partial charge on any atom is 0.0678 e. The van der Waals surface area contributed by atoms with E-state index in [2.05, 4.69) is 22.3 Å². The van der Waals surface area contributed by atoms with Gasteiger partial charge in [-0.05, 0) is 13.8 Å². The van der Waals surface area contributed by atoms with Crippen molar-refractivity contribution in [2.45, 2.75) is 41.5 Å². The lowest BCUT2D eigenvalue weighted by atomic mass is 10.1. The molecule has 0 radical (unpaired) electrons. The first-order valence-electron chi connectivity index (χ1n) is 5.97. The molecule has 0 N–H and O–H groups in total. The highest BCUT2D eigenvalue weighted by Crippen LogP contribution is 2.17. The molecule has 1 aromatic heterocycles. The van der Waals surface area contributed by atoms with Gasteiger partial charge in [-0.1, -0.05) is 52.0 Å². The van der Waals surface area contributed by atoms with E-state index in [9.17, 15) is 0 Å². The maximum absolute atomic E-state index is 4.06. The Kier molecular flexibility index (Phi) is 7.10. The van der Waals surface area contributed by atoms with Gasteiger partial charge in [-0.2, -0.15) is 10.2 Å². The standard InChI is InChI=1S/C10H10N2.2C2H6/c1-7-9-5-3-4-6-10(9)8(2)12-11-7;2*1-2/h3-6H,1-2H3;2*1-2H3. The first-order chi connectivity index (χ1) is 7.79. The third kappa shape index (κ3) is 3.30. The predicted molar refractivity (Wildman–Crippen MR) is 71.7 cm³/mol. The molecule has 0 fully saturated rings. The minimum absolute atomic E-state index is 0.996. The lowest BCUT2D eigenvalue weighted by Crippen LogP contribution is -1.91. The quantitative estimate of drug-likeness (QED) is 0.659. The molecule has 0 bridgehead atoms. The second kappa shape index (κ2) is 7.80. The summed E-state index contributed by atoms with van der Waals surface area (Å²) >= 11 is 0. The Labute approximate surface area is 98.7 Å². The Bertz CT molecular complexity index is 382. The first-order valence-corrected chi connectivity index (χ1v) is 5.97. The van der Waals surface area contributed by atoms with E-state index in [0.717, 1.165) is 11.4 Å². The van der Waals surface area contributed by atoms with Crippen LogP contribution in [0.5, 0.6) is 0 Å². The number of aryl methyl sites for hydroxylation is 2. The van der Waals surface area contributed by atoms with Crippen LogP contribution in [-0.2, 0) is 0 Å². The van der Waals surface area contributed by atoms with Crippen LogP contribution in [0.1, 0.15) is 39.1 Å². The van der Waals surface area contributed by atoms with Crippen LogP contribution < -0.4 is 0 Å². The molecule has 0 atom stereocenters. The molecule has 0 spiro atoms. The van der Waals surface area contributed by atoms with E-state index < -0.39 is 0 Å². The number of fused-ring (bicyclic) bond motifs is 1. The molecule has 0 aliphatic carbocycles. The molecule has 0 unspecified atom stereocenters. The molecular weight excluding hydrogens is 196 g/mol. The topological polar surface area (TPSA) is 25.8 Å². The largest absolute Gasteiger partial charge is 0.155 e. The number of hydrogen-bond acceptors (Lipinski definition) is 2. The maximum atomic E-state index is 4.06. The number of rotatable bonds is 0. The smallest absolute Gasteiger partial charge is 0.0678 e. The normalized spacial score (nSPS) is 8.62. The van der Waals surface area contributed by atoms with Crippen LogP contribution in [0.25, 0.3) is 10.8 Å². The van der Waals surface area contributed by atoms with Crippen LogP contribution in [0.2, 0.25) is 0 Å². The molecule has 16 heavy (non-hydrogen) atoms. The minimum atomic E-state index is 0.996. The van der Waals surface area contributed by atoms with Gasteiger partial charge in [0.1, 0.15) is 0 Å². The van der Waals surface area contributed by atoms with Crippen LogP contribution in [-0.4, -0.2) is 10.2 Å². The van der Waals surface area contributed by atoms with Gasteiger partial charge in [-0.3, -0.25) is 0 Å². The summed E-state index contributed by atoms with van der Waals surface area (Å²) in [4.78, 5) is 0. The minimum Gasteiger partial charge on any atom is -0.155 e.